The van der Waals surface area contributed by atoms with Gasteiger partial charge in [0.25, 0.3) is 5.91 Å². The predicted molar refractivity (Wildman–Crippen MR) is 100 cm³/mol. The minimum absolute atomic E-state index is 0.224. The predicted octanol–water partition coefficient (Wildman–Crippen LogP) is 3.58. The van der Waals surface area contributed by atoms with Gasteiger partial charge in [-0.25, -0.2) is 9.07 Å². The van der Waals surface area contributed by atoms with Crippen LogP contribution < -0.4 is 5.32 Å². The lowest BCUT2D eigenvalue weighted by Gasteiger charge is -2.26. The van der Waals surface area contributed by atoms with Crippen LogP contribution in [0.5, 0.6) is 0 Å². The molecule has 0 bridgehead atoms. The monoisotopic (exact) mass is 378 g/mol. The van der Waals surface area contributed by atoms with Crippen molar-refractivity contribution in [3.63, 3.8) is 0 Å². The van der Waals surface area contributed by atoms with Gasteiger partial charge in [-0.15, -0.1) is 0 Å². The molecule has 1 amide bonds. The number of benzene rings is 1. The van der Waals surface area contributed by atoms with Crippen LogP contribution in [0.1, 0.15) is 42.2 Å². The minimum Gasteiger partial charge on any atom is -0.350 e. The van der Waals surface area contributed by atoms with Crippen LogP contribution in [0, 0.1) is 12.7 Å². The summed E-state index contributed by atoms with van der Waals surface area (Å²) in [5.41, 5.74) is 1.53. The van der Waals surface area contributed by atoms with E-state index in [1.54, 1.807) is 19.1 Å². The number of aryl methyl sites for hydroxylation is 1. The number of amides is 1. The van der Waals surface area contributed by atoms with Crippen LogP contribution in [0.4, 0.5) is 4.39 Å². The maximum atomic E-state index is 13.1. The molecule has 2 heterocycles. The highest BCUT2D eigenvalue weighted by Gasteiger charge is 2.24. The third-order valence-electron chi connectivity index (χ3n) is 4.93. The van der Waals surface area contributed by atoms with Gasteiger partial charge in [-0.3, -0.25) is 9.69 Å². The standard InChI is InChI=1S/C19H24ClFN4O/c1-3-15(24-10-4-5-11-24)12-22-19(26)17-13(2)23-25(18(17)20)16-8-6-14(21)7-9-16/h6-9,15H,3-5,10-12H2,1-2H3,(H,22,26)/t15-/m0/s1. The largest absolute Gasteiger partial charge is 0.350 e. The van der Waals surface area contributed by atoms with Gasteiger partial charge in [0.05, 0.1) is 16.9 Å². The summed E-state index contributed by atoms with van der Waals surface area (Å²) in [6, 6.07) is 6.17. The van der Waals surface area contributed by atoms with E-state index in [4.69, 9.17) is 11.6 Å². The average molecular weight is 379 g/mol. The smallest absolute Gasteiger partial charge is 0.256 e. The first-order chi connectivity index (χ1) is 12.5. The number of hydrogen-bond donors (Lipinski definition) is 1. The number of nitrogens with zero attached hydrogens (tertiary/aromatic N) is 3. The van der Waals surface area contributed by atoms with E-state index in [0.29, 0.717) is 29.5 Å². The number of carbonyl (C=O) groups excluding carboxylic acids is 1. The number of nitrogens with one attached hydrogen (secondary N) is 1. The van der Waals surface area contributed by atoms with E-state index in [-0.39, 0.29) is 16.9 Å². The Hall–Kier alpha value is -1.92. The lowest BCUT2D eigenvalue weighted by molar-refractivity contribution is 0.0936. The normalized spacial score (nSPS) is 16.0. The Kier molecular flexibility index (Phi) is 5.94. The molecular formula is C19H24ClFN4O. The SMILES string of the molecule is CC[C@@H](CNC(=O)c1c(C)nn(-c2ccc(F)cc2)c1Cl)N1CCCC1. The fourth-order valence-electron chi connectivity index (χ4n) is 3.45. The van der Waals surface area contributed by atoms with E-state index in [1.807, 2.05) is 0 Å². The molecule has 0 aliphatic carbocycles. The molecule has 1 saturated heterocycles. The highest BCUT2D eigenvalue weighted by atomic mass is 35.5. The first-order valence-corrected chi connectivity index (χ1v) is 9.42. The Labute approximate surface area is 158 Å². The molecule has 26 heavy (non-hydrogen) atoms. The Balaban J connectivity index is 1.74. The summed E-state index contributed by atoms with van der Waals surface area (Å²) in [7, 11) is 0. The minimum atomic E-state index is -0.334. The van der Waals surface area contributed by atoms with Crippen LogP contribution in [0.25, 0.3) is 5.69 Å². The van der Waals surface area contributed by atoms with E-state index in [0.717, 1.165) is 19.5 Å². The molecule has 1 fully saturated rings. The molecule has 5 nitrogen and oxygen atoms in total. The van der Waals surface area contributed by atoms with Crippen molar-refractivity contribution < 1.29 is 9.18 Å². The molecule has 0 unspecified atom stereocenters. The van der Waals surface area contributed by atoms with Crippen LogP contribution in [0.15, 0.2) is 24.3 Å². The zero-order valence-corrected chi connectivity index (χ0v) is 15.9. The van der Waals surface area contributed by atoms with E-state index in [2.05, 4.69) is 22.2 Å². The molecule has 2 aromatic rings. The molecule has 1 aliphatic heterocycles. The van der Waals surface area contributed by atoms with Crippen molar-refractivity contribution in [3.8, 4) is 5.69 Å². The fourth-order valence-corrected chi connectivity index (χ4v) is 3.81. The summed E-state index contributed by atoms with van der Waals surface area (Å²) in [5, 5.41) is 7.59. The van der Waals surface area contributed by atoms with Gasteiger partial charge < -0.3 is 5.32 Å². The second-order valence-electron chi connectivity index (χ2n) is 6.65. The molecule has 140 valence electrons. The van der Waals surface area contributed by atoms with Crippen LogP contribution >= 0.6 is 11.6 Å². The van der Waals surface area contributed by atoms with Gasteiger partial charge in [-0.2, -0.15) is 5.10 Å². The molecule has 0 spiro atoms. The average Bonchev–Trinajstić information content (AvgIpc) is 3.25. The summed E-state index contributed by atoms with van der Waals surface area (Å²) >= 11 is 6.41. The third kappa shape index (κ3) is 3.91. The van der Waals surface area contributed by atoms with Gasteiger partial charge in [-0.1, -0.05) is 18.5 Å². The molecule has 1 atom stereocenters. The second kappa shape index (κ2) is 8.18. The van der Waals surface area contributed by atoms with Gasteiger partial charge in [0.15, 0.2) is 0 Å². The zero-order chi connectivity index (χ0) is 18.7. The maximum Gasteiger partial charge on any atom is 0.256 e. The Bertz CT molecular complexity index is 769. The van der Waals surface area contributed by atoms with Gasteiger partial charge in [0.2, 0.25) is 0 Å². The van der Waals surface area contributed by atoms with Crippen molar-refractivity contribution in [1.82, 2.24) is 20.0 Å². The fraction of sp³-hybridized carbons (Fsp3) is 0.474. The molecular weight excluding hydrogens is 355 g/mol. The van der Waals surface area contributed by atoms with E-state index >= 15 is 0 Å². The summed E-state index contributed by atoms with van der Waals surface area (Å²) in [4.78, 5) is 15.1. The number of rotatable bonds is 6. The van der Waals surface area contributed by atoms with Crippen molar-refractivity contribution in [3.05, 3.63) is 46.5 Å². The van der Waals surface area contributed by atoms with Crippen molar-refractivity contribution in [2.45, 2.75) is 39.2 Å². The Morgan fingerprint density at radius 1 is 1.31 bits per heavy atom. The molecule has 3 rings (SSSR count). The van der Waals surface area contributed by atoms with Gasteiger partial charge in [0, 0.05) is 12.6 Å². The first kappa shape index (κ1) is 18.9. The summed E-state index contributed by atoms with van der Waals surface area (Å²) in [6.45, 7) is 6.67. The Morgan fingerprint density at radius 3 is 2.58 bits per heavy atom. The molecule has 1 N–H and O–H groups in total. The summed E-state index contributed by atoms with van der Waals surface area (Å²) in [5.74, 6) is -0.558. The Morgan fingerprint density at radius 2 is 1.96 bits per heavy atom. The quantitative estimate of drug-likeness (QED) is 0.835. The van der Waals surface area contributed by atoms with Crippen LogP contribution in [0.3, 0.4) is 0 Å². The van der Waals surface area contributed by atoms with E-state index in [9.17, 15) is 9.18 Å². The van der Waals surface area contributed by atoms with E-state index < -0.39 is 0 Å². The number of hydrogen-bond acceptors (Lipinski definition) is 3. The number of likely N-dealkylation sites (tertiary alicyclic amines) is 1. The number of halogens is 2. The van der Waals surface area contributed by atoms with Crippen LogP contribution in [-0.4, -0.2) is 46.3 Å². The topological polar surface area (TPSA) is 50.2 Å². The lowest BCUT2D eigenvalue weighted by Crippen LogP contribution is -2.42. The van der Waals surface area contributed by atoms with Gasteiger partial charge in [0.1, 0.15) is 11.0 Å². The molecule has 1 aliphatic rings. The molecule has 0 radical (unpaired) electrons. The van der Waals surface area contributed by atoms with Crippen molar-refractivity contribution in [2.75, 3.05) is 19.6 Å². The first-order valence-electron chi connectivity index (χ1n) is 9.04. The van der Waals surface area contributed by atoms with Crippen molar-refractivity contribution in [1.29, 1.82) is 0 Å². The lowest BCUT2D eigenvalue weighted by atomic mass is 10.2. The van der Waals surface area contributed by atoms with Crippen LogP contribution in [-0.2, 0) is 0 Å². The number of carbonyl (C=O) groups is 1. The van der Waals surface area contributed by atoms with Crippen molar-refractivity contribution in [2.24, 2.45) is 0 Å². The third-order valence-corrected chi connectivity index (χ3v) is 5.28. The second-order valence-corrected chi connectivity index (χ2v) is 7.01. The van der Waals surface area contributed by atoms with E-state index in [1.165, 1.54) is 29.7 Å². The highest BCUT2D eigenvalue weighted by Crippen LogP contribution is 2.24. The van der Waals surface area contributed by atoms with Gasteiger partial charge >= 0.3 is 0 Å². The molecule has 7 heteroatoms. The highest BCUT2D eigenvalue weighted by molar-refractivity contribution is 6.33. The molecule has 0 saturated carbocycles. The number of aromatic nitrogens is 2. The van der Waals surface area contributed by atoms with Crippen LogP contribution in [0.2, 0.25) is 5.15 Å². The maximum absolute atomic E-state index is 13.1. The molecule has 1 aromatic heterocycles. The molecule has 1 aromatic carbocycles. The van der Waals surface area contributed by atoms with Crippen molar-refractivity contribution >= 4 is 17.5 Å². The zero-order valence-electron chi connectivity index (χ0n) is 15.1. The van der Waals surface area contributed by atoms with Gasteiger partial charge in [-0.05, 0) is 63.5 Å². The summed E-state index contributed by atoms with van der Waals surface area (Å²) < 4.78 is 14.6. The summed E-state index contributed by atoms with van der Waals surface area (Å²) in [6.07, 6.45) is 3.43.